The Hall–Kier alpha value is -1.43. The molecule has 8 heteroatoms. The molecule has 4 aromatic rings. The molecule has 4 rings (SSSR count). The van der Waals surface area contributed by atoms with Crippen LogP contribution in [0.2, 0.25) is 0 Å². The molecule has 0 atom stereocenters. The van der Waals surface area contributed by atoms with Gasteiger partial charge in [0.05, 0.1) is 0 Å². The molecule has 0 aromatic heterocycles. The van der Waals surface area contributed by atoms with E-state index in [0.717, 1.165) is 44.5 Å². The standard InChI is InChI=1S/4C8H10O.4CH3.4Zn/c4*1-6-4-3-5-7(2)8(6)9;;;;;;;;/h4*3-5,9H,1-2H3;4*1H3;;;;/q;;;;4*-1;;;;. The minimum Gasteiger partial charge on any atom is -0.507 e. The van der Waals surface area contributed by atoms with Gasteiger partial charge in [0.15, 0.2) is 0 Å². The monoisotopic (exact) mass is 804 g/mol. The zero-order valence-corrected chi connectivity index (χ0v) is 41.4. The van der Waals surface area contributed by atoms with Crippen LogP contribution in [0.3, 0.4) is 0 Å². The fraction of sp³-hybridized carbons (Fsp3) is 0.222. The number of hydrogen-bond donors (Lipinski definition) is 4. The second kappa shape index (κ2) is 31.6. The molecule has 0 saturated carbocycles. The van der Waals surface area contributed by atoms with Crippen LogP contribution >= 0.6 is 0 Å². The Bertz CT molecular complexity index is 1000. The van der Waals surface area contributed by atoms with Crippen molar-refractivity contribution in [1.82, 2.24) is 0 Å². The number of benzene rings is 4. The average molecular weight is 810 g/mol. The number of phenols is 4. The molecule has 0 spiro atoms. The van der Waals surface area contributed by atoms with Gasteiger partial charge in [-0.2, -0.15) is 0 Å². The predicted molar refractivity (Wildman–Crippen MR) is 176 cm³/mol. The van der Waals surface area contributed by atoms with Gasteiger partial charge in [0, 0.05) is 77.9 Å². The molecule has 0 fully saturated rings. The van der Waals surface area contributed by atoms with Crippen LogP contribution in [0, 0.1) is 85.1 Å². The van der Waals surface area contributed by atoms with Crippen LogP contribution in [0.1, 0.15) is 44.5 Å². The van der Waals surface area contributed by atoms with Crippen LogP contribution in [-0.4, -0.2) is 20.4 Å². The molecule has 44 heavy (non-hydrogen) atoms. The number of rotatable bonds is 0. The van der Waals surface area contributed by atoms with Crippen molar-refractivity contribution >= 4 is 0 Å². The van der Waals surface area contributed by atoms with Gasteiger partial charge in [0.25, 0.3) is 0 Å². The van der Waals surface area contributed by atoms with Gasteiger partial charge < -0.3 is 50.1 Å². The zero-order valence-electron chi connectivity index (χ0n) is 29.5. The molecule has 0 unspecified atom stereocenters. The summed E-state index contributed by atoms with van der Waals surface area (Å²) in [5, 5.41) is 36.8. The van der Waals surface area contributed by atoms with Crippen molar-refractivity contribution in [3.05, 3.63) is 147 Å². The summed E-state index contributed by atoms with van der Waals surface area (Å²) >= 11 is 0. The van der Waals surface area contributed by atoms with Gasteiger partial charge in [-0.25, -0.2) is 0 Å². The molecule has 0 amide bonds. The van der Waals surface area contributed by atoms with Crippen LogP contribution < -0.4 is 0 Å². The SMILES string of the molecule is Cc1cccc(C)c1O.Cc1cccc(C)c1O.Cc1cccc(C)c1O.Cc1cccc(C)c1O.[CH3-].[CH3-].[CH3-].[CH3-].[Zn].[Zn].[Zn].[Zn]. The zero-order chi connectivity index (χ0) is 27.4. The Morgan fingerprint density at radius 2 is 0.364 bits per heavy atom. The van der Waals surface area contributed by atoms with Crippen molar-refractivity contribution in [3.63, 3.8) is 0 Å². The summed E-state index contributed by atoms with van der Waals surface area (Å²) in [7, 11) is 0. The van der Waals surface area contributed by atoms with E-state index >= 15 is 0 Å². The second-order valence-electron chi connectivity index (χ2n) is 8.96. The predicted octanol–water partition coefficient (Wildman–Crippen LogP) is 9.83. The Balaban J connectivity index is -0.0000000617. The maximum atomic E-state index is 9.21. The summed E-state index contributed by atoms with van der Waals surface area (Å²) in [5.74, 6) is 1.66. The van der Waals surface area contributed by atoms with Gasteiger partial charge >= 0.3 is 0 Å². The first-order valence-electron chi connectivity index (χ1n) is 11.9. The molecule has 0 aliphatic carbocycles. The minimum absolute atomic E-state index is 0. The third-order valence-electron chi connectivity index (χ3n) is 5.76. The van der Waals surface area contributed by atoms with Crippen LogP contribution in [0.5, 0.6) is 23.0 Å². The van der Waals surface area contributed by atoms with E-state index in [1.807, 2.05) is 128 Å². The van der Waals surface area contributed by atoms with Crippen molar-refractivity contribution in [2.75, 3.05) is 0 Å². The molecule has 4 N–H and O–H groups in total. The Morgan fingerprint density at radius 1 is 0.273 bits per heavy atom. The van der Waals surface area contributed by atoms with Crippen molar-refractivity contribution in [2.24, 2.45) is 0 Å². The maximum absolute atomic E-state index is 9.21. The summed E-state index contributed by atoms with van der Waals surface area (Å²) in [4.78, 5) is 0. The minimum atomic E-state index is 0. The first kappa shape index (κ1) is 61.6. The fourth-order valence-electron chi connectivity index (χ4n) is 3.22. The Kier molecular flexibility index (Phi) is 44.1. The average Bonchev–Trinajstić information content (AvgIpc) is 2.84. The van der Waals surface area contributed by atoms with Crippen molar-refractivity contribution in [1.29, 1.82) is 0 Å². The van der Waals surface area contributed by atoms with E-state index in [9.17, 15) is 20.4 Å². The van der Waals surface area contributed by atoms with Crippen LogP contribution in [-0.2, 0) is 77.9 Å². The van der Waals surface area contributed by atoms with E-state index in [1.54, 1.807) is 0 Å². The van der Waals surface area contributed by atoms with Gasteiger partial charge in [0.1, 0.15) is 23.0 Å². The summed E-state index contributed by atoms with van der Waals surface area (Å²) < 4.78 is 0. The molecule has 4 aromatic carbocycles. The quantitative estimate of drug-likeness (QED) is 0.105. The van der Waals surface area contributed by atoms with Crippen molar-refractivity contribution in [3.8, 4) is 23.0 Å². The van der Waals surface area contributed by atoms with Gasteiger partial charge in [-0.1, -0.05) is 72.8 Å². The van der Waals surface area contributed by atoms with Crippen molar-refractivity contribution < 1.29 is 98.3 Å². The van der Waals surface area contributed by atoms with E-state index in [-0.39, 0.29) is 108 Å². The molecular weight excluding hydrogens is 758 g/mol. The van der Waals surface area contributed by atoms with Gasteiger partial charge in [0.2, 0.25) is 0 Å². The van der Waals surface area contributed by atoms with E-state index in [4.69, 9.17) is 0 Å². The summed E-state index contributed by atoms with van der Waals surface area (Å²) in [6, 6.07) is 22.9. The smallest absolute Gasteiger partial charge is 0.121 e. The number of para-hydroxylation sites is 4. The summed E-state index contributed by atoms with van der Waals surface area (Å²) in [6.45, 7) is 15.1. The number of aromatic hydroxyl groups is 4. The molecule has 0 saturated heterocycles. The molecule has 0 aliphatic rings. The molecule has 232 valence electrons. The first-order valence-corrected chi connectivity index (χ1v) is 11.9. The number of phenolic OH excluding ortho intramolecular Hbond substituents is 4. The van der Waals surface area contributed by atoms with Crippen LogP contribution in [0.25, 0.3) is 0 Å². The van der Waals surface area contributed by atoms with Crippen LogP contribution in [0.4, 0.5) is 0 Å². The molecular formula is C36H52O4Zn4-4. The number of hydrogen-bond acceptors (Lipinski definition) is 4. The maximum Gasteiger partial charge on any atom is 0.121 e. The molecule has 0 heterocycles. The van der Waals surface area contributed by atoms with Crippen LogP contribution in [0.15, 0.2) is 72.8 Å². The van der Waals surface area contributed by atoms with E-state index in [2.05, 4.69) is 0 Å². The topological polar surface area (TPSA) is 80.9 Å². The largest absolute Gasteiger partial charge is 0.507 e. The third-order valence-corrected chi connectivity index (χ3v) is 5.76. The third kappa shape index (κ3) is 21.3. The Labute approximate surface area is 321 Å². The summed E-state index contributed by atoms with van der Waals surface area (Å²) in [5.41, 5.74) is 7.52. The summed E-state index contributed by atoms with van der Waals surface area (Å²) in [6.07, 6.45) is 0. The number of aryl methyl sites for hydroxylation is 8. The first-order chi connectivity index (χ1) is 16.9. The van der Waals surface area contributed by atoms with E-state index in [0.29, 0.717) is 23.0 Å². The molecule has 0 radical (unpaired) electrons. The van der Waals surface area contributed by atoms with Gasteiger partial charge in [-0.15, -0.1) is 0 Å². The normalized spacial score (nSPS) is 7.82. The van der Waals surface area contributed by atoms with Crippen molar-refractivity contribution in [2.45, 2.75) is 55.4 Å². The fourth-order valence-corrected chi connectivity index (χ4v) is 3.22. The molecule has 0 bridgehead atoms. The Morgan fingerprint density at radius 3 is 0.432 bits per heavy atom. The second-order valence-corrected chi connectivity index (χ2v) is 8.96. The van der Waals surface area contributed by atoms with Gasteiger partial charge in [-0.3, -0.25) is 0 Å². The molecule has 0 aliphatic heterocycles. The molecule has 4 nitrogen and oxygen atoms in total. The van der Waals surface area contributed by atoms with E-state index in [1.165, 1.54) is 0 Å². The van der Waals surface area contributed by atoms with E-state index < -0.39 is 0 Å². The van der Waals surface area contributed by atoms with Gasteiger partial charge in [-0.05, 0) is 99.9 Å².